The SMILES string of the molecule is CC1(C)COB(c2ccc3c(c2)OC(F)(F)O3)O1. The zero-order chi connectivity index (χ0) is 13.0. The molecule has 2 aliphatic rings. The molecule has 0 spiro atoms. The standard InChI is InChI=1S/C11H11BF2O4/c1-10(2)6-15-12(18-10)7-3-4-8-9(5-7)17-11(13,14)16-8/h3-5H,6H2,1-2H3. The van der Waals surface area contributed by atoms with Crippen LogP contribution in [0.1, 0.15) is 13.8 Å². The second-order valence-electron chi connectivity index (χ2n) is 4.89. The van der Waals surface area contributed by atoms with Crippen LogP contribution >= 0.6 is 0 Å². The third kappa shape index (κ3) is 2.04. The van der Waals surface area contributed by atoms with Crippen LogP contribution in [0.25, 0.3) is 0 Å². The Kier molecular flexibility index (Phi) is 2.34. The van der Waals surface area contributed by atoms with E-state index in [1.54, 1.807) is 6.07 Å². The summed E-state index contributed by atoms with van der Waals surface area (Å²) in [6.07, 6.45) is -3.60. The van der Waals surface area contributed by atoms with Gasteiger partial charge >= 0.3 is 13.4 Å². The first-order valence-electron chi connectivity index (χ1n) is 5.54. The molecule has 0 amide bonds. The summed E-state index contributed by atoms with van der Waals surface area (Å²) in [6.45, 7) is 4.24. The van der Waals surface area contributed by atoms with Gasteiger partial charge in [0.25, 0.3) is 0 Å². The van der Waals surface area contributed by atoms with Gasteiger partial charge in [-0.1, -0.05) is 6.07 Å². The lowest BCUT2D eigenvalue weighted by molar-refractivity contribution is -0.286. The molecule has 4 nitrogen and oxygen atoms in total. The number of rotatable bonds is 1. The van der Waals surface area contributed by atoms with Gasteiger partial charge in [-0.3, -0.25) is 0 Å². The summed E-state index contributed by atoms with van der Waals surface area (Å²) >= 11 is 0. The van der Waals surface area contributed by atoms with Crippen molar-refractivity contribution in [3.63, 3.8) is 0 Å². The lowest BCUT2D eigenvalue weighted by Crippen LogP contribution is -2.34. The normalized spacial score (nSPS) is 23.4. The van der Waals surface area contributed by atoms with Gasteiger partial charge in [-0.05, 0) is 31.4 Å². The molecule has 1 aromatic carbocycles. The average Bonchev–Trinajstić information content (AvgIpc) is 2.74. The van der Waals surface area contributed by atoms with Gasteiger partial charge in [0.05, 0.1) is 12.2 Å². The van der Waals surface area contributed by atoms with E-state index in [2.05, 4.69) is 9.47 Å². The van der Waals surface area contributed by atoms with Crippen LogP contribution in [0, 0.1) is 0 Å². The molecule has 0 aromatic heterocycles. The Balaban J connectivity index is 1.85. The van der Waals surface area contributed by atoms with E-state index in [-0.39, 0.29) is 17.1 Å². The molecule has 7 heteroatoms. The highest BCUT2D eigenvalue weighted by atomic mass is 19.3. The topological polar surface area (TPSA) is 36.9 Å². The van der Waals surface area contributed by atoms with Crippen molar-refractivity contribution >= 4 is 12.6 Å². The molecule has 18 heavy (non-hydrogen) atoms. The quantitative estimate of drug-likeness (QED) is 0.714. The number of benzene rings is 1. The molecule has 2 heterocycles. The van der Waals surface area contributed by atoms with Crippen molar-refractivity contribution in [3.05, 3.63) is 18.2 Å². The molecular weight excluding hydrogens is 245 g/mol. The first-order chi connectivity index (χ1) is 8.35. The van der Waals surface area contributed by atoms with Crippen LogP contribution in [0.4, 0.5) is 8.78 Å². The summed E-state index contributed by atoms with van der Waals surface area (Å²) in [7, 11) is -0.567. The third-order valence-corrected chi connectivity index (χ3v) is 2.71. The van der Waals surface area contributed by atoms with Gasteiger partial charge in [0.1, 0.15) is 0 Å². The van der Waals surface area contributed by atoms with Gasteiger partial charge in [-0.15, -0.1) is 8.78 Å². The molecule has 0 N–H and O–H groups in total. The Bertz CT molecular complexity index is 492. The van der Waals surface area contributed by atoms with Crippen LogP contribution in [0.3, 0.4) is 0 Å². The average molecular weight is 256 g/mol. The second kappa shape index (κ2) is 3.58. The zero-order valence-electron chi connectivity index (χ0n) is 9.91. The van der Waals surface area contributed by atoms with E-state index in [0.717, 1.165) is 0 Å². The van der Waals surface area contributed by atoms with Crippen molar-refractivity contribution in [2.75, 3.05) is 6.61 Å². The first-order valence-corrected chi connectivity index (χ1v) is 5.54. The molecule has 1 fully saturated rings. The smallest absolute Gasteiger partial charge is 0.404 e. The summed E-state index contributed by atoms with van der Waals surface area (Å²) in [6, 6.07) is 4.49. The predicted molar refractivity (Wildman–Crippen MR) is 59.1 cm³/mol. The van der Waals surface area contributed by atoms with Crippen LogP contribution in [0.2, 0.25) is 0 Å². The van der Waals surface area contributed by atoms with Crippen molar-refractivity contribution < 1.29 is 27.6 Å². The van der Waals surface area contributed by atoms with Crippen molar-refractivity contribution in [2.24, 2.45) is 0 Å². The molecule has 1 aromatic rings. The van der Waals surface area contributed by atoms with Crippen LogP contribution < -0.4 is 14.9 Å². The molecule has 1 saturated heterocycles. The second-order valence-corrected chi connectivity index (χ2v) is 4.89. The van der Waals surface area contributed by atoms with E-state index in [0.29, 0.717) is 12.1 Å². The minimum Gasteiger partial charge on any atom is -0.404 e. The van der Waals surface area contributed by atoms with E-state index in [4.69, 9.17) is 9.31 Å². The molecule has 0 atom stereocenters. The number of ether oxygens (including phenoxy) is 2. The van der Waals surface area contributed by atoms with Crippen molar-refractivity contribution in [2.45, 2.75) is 25.7 Å². The number of halogens is 2. The van der Waals surface area contributed by atoms with E-state index < -0.39 is 13.4 Å². The van der Waals surface area contributed by atoms with E-state index in [9.17, 15) is 8.78 Å². The maximum absolute atomic E-state index is 12.9. The molecule has 0 saturated carbocycles. The monoisotopic (exact) mass is 256 g/mol. The molecule has 0 bridgehead atoms. The fourth-order valence-corrected chi connectivity index (χ4v) is 1.91. The molecule has 0 aliphatic carbocycles. The van der Waals surface area contributed by atoms with Crippen molar-refractivity contribution in [1.82, 2.24) is 0 Å². The summed E-state index contributed by atoms with van der Waals surface area (Å²) in [5.74, 6) is 0.00964. The Morgan fingerprint density at radius 1 is 1.17 bits per heavy atom. The molecule has 2 aliphatic heterocycles. The minimum atomic E-state index is -3.60. The lowest BCUT2D eigenvalue weighted by Gasteiger charge is -2.15. The molecule has 96 valence electrons. The molecule has 0 unspecified atom stereocenters. The van der Waals surface area contributed by atoms with Crippen LogP contribution in [-0.4, -0.2) is 25.6 Å². The fourth-order valence-electron chi connectivity index (χ4n) is 1.91. The van der Waals surface area contributed by atoms with E-state index in [1.807, 2.05) is 13.8 Å². The Morgan fingerprint density at radius 2 is 1.89 bits per heavy atom. The number of fused-ring (bicyclic) bond motifs is 1. The third-order valence-electron chi connectivity index (χ3n) is 2.71. The maximum Gasteiger partial charge on any atom is 0.586 e. The predicted octanol–water partition coefficient (Wildman–Crippen LogP) is 1.53. The molecule has 3 rings (SSSR count). The summed E-state index contributed by atoms with van der Waals surface area (Å²) < 4.78 is 45.5. The van der Waals surface area contributed by atoms with Gasteiger partial charge < -0.3 is 18.8 Å². The summed E-state index contributed by atoms with van der Waals surface area (Å²) in [5, 5.41) is 0. The minimum absolute atomic E-state index is 0.00518. The van der Waals surface area contributed by atoms with Crippen LogP contribution in [0.5, 0.6) is 11.5 Å². The Morgan fingerprint density at radius 3 is 2.56 bits per heavy atom. The first kappa shape index (κ1) is 11.7. The Labute approximate surface area is 103 Å². The van der Waals surface area contributed by atoms with Gasteiger partial charge in [-0.2, -0.15) is 0 Å². The van der Waals surface area contributed by atoms with Gasteiger partial charge in [-0.25, -0.2) is 0 Å². The maximum atomic E-state index is 12.9. The van der Waals surface area contributed by atoms with Gasteiger partial charge in [0.15, 0.2) is 11.5 Å². The zero-order valence-corrected chi connectivity index (χ0v) is 9.91. The molecular formula is C11H11BF2O4. The van der Waals surface area contributed by atoms with E-state index in [1.165, 1.54) is 12.1 Å². The summed E-state index contributed by atoms with van der Waals surface area (Å²) in [4.78, 5) is 0. The molecule has 0 radical (unpaired) electrons. The van der Waals surface area contributed by atoms with Crippen LogP contribution in [-0.2, 0) is 9.31 Å². The highest BCUT2D eigenvalue weighted by molar-refractivity contribution is 6.62. The largest absolute Gasteiger partial charge is 0.586 e. The lowest BCUT2D eigenvalue weighted by atomic mass is 9.79. The van der Waals surface area contributed by atoms with E-state index >= 15 is 0 Å². The van der Waals surface area contributed by atoms with Crippen molar-refractivity contribution in [1.29, 1.82) is 0 Å². The fraction of sp³-hybridized carbons (Fsp3) is 0.455. The van der Waals surface area contributed by atoms with Crippen LogP contribution in [0.15, 0.2) is 18.2 Å². The summed E-state index contributed by atoms with van der Waals surface area (Å²) in [5.41, 5.74) is 0.242. The van der Waals surface area contributed by atoms with Crippen molar-refractivity contribution in [3.8, 4) is 11.5 Å². The number of hydrogen-bond acceptors (Lipinski definition) is 4. The van der Waals surface area contributed by atoms with Gasteiger partial charge in [0, 0.05) is 0 Å². The Hall–Kier alpha value is -1.34. The highest BCUT2D eigenvalue weighted by Gasteiger charge is 2.45. The number of alkyl halides is 2. The number of hydrogen-bond donors (Lipinski definition) is 0. The van der Waals surface area contributed by atoms with Gasteiger partial charge in [0.2, 0.25) is 0 Å². The highest BCUT2D eigenvalue weighted by Crippen LogP contribution is 2.40.